The van der Waals surface area contributed by atoms with E-state index in [2.05, 4.69) is 34.0 Å². The third-order valence-electron chi connectivity index (χ3n) is 4.18. The highest BCUT2D eigenvalue weighted by Crippen LogP contribution is 2.14. The minimum Gasteiger partial charge on any atom is -0.350 e. The topological polar surface area (TPSA) is 81.3 Å². The minimum absolute atomic E-state index is 0.0245. The summed E-state index contributed by atoms with van der Waals surface area (Å²) >= 11 is 0. The summed E-state index contributed by atoms with van der Waals surface area (Å²) in [7, 11) is 0. The van der Waals surface area contributed by atoms with E-state index in [1.165, 1.54) is 6.33 Å². The molecule has 1 aromatic rings. The van der Waals surface area contributed by atoms with Crippen molar-refractivity contribution in [3.8, 4) is 0 Å². The quantitative estimate of drug-likeness (QED) is 0.870. The molecule has 0 aliphatic carbocycles. The molecule has 134 valence electrons. The average molecular weight is 335 g/mol. The van der Waals surface area contributed by atoms with Gasteiger partial charge in [0, 0.05) is 38.8 Å². The largest absolute Gasteiger partial charge is 0.350 e. The van der Waals surface area contributed by atoms with Crippen molar-refractivity contribution >= 4 is 11.8 Å². The number of H-pyrrole nitrogens is 1. The van der Waals surface area contributed by atoms with E-state index in [-0.39, 0.29) is 28.6 Å². The molecular weight excluding hydrogens is 306 g/mol. The molecule has 2 amide bonds. The molecule has 0 spiro atoms. The molecule has 1 aliphatic rings. The Morgan fingerprint density at radius 1 is 1.25 bits per heavy atom. The fourth-order valence-corrected chi connectivity index (χ4v) is 2.66. The predicted octanol–water partition coefficient (Wildman–Crippen LogP) is 1.35. The lowest BCUT2D eigenvalue weighted by molar-refractivity contribution is 0.0587. The minimum atomic E-state index is -0.310. The van der Waals surface area contributed by atoms with Crippen LogP contribution in [-0.4, -0.2) is 70.3 Å². The molecule has 2 N–H and O–H groups in total. The molecule has 0 aromatic carbocycles. The lowest BCUT2D eigenvalue weighted by Gasteiger charge is -2.36. The molecule has 2 rings (SSSR count). The average Bonchev–Trinajstić information content (AvgIpc) is 3.01. The highest BCUT2D eigenvalue weighted by molar-refractivity contribution is 6.04. The molecule has 0 unspecified atom stereocenters. The summed E-state index contributed by atoms with van der Waals surface area (Å²) in [6, 6.07) is 0.480. The summed E-state index contributed by atoms with van der Waals surface area (Å²) in [5.41, 5.74) is 0.429. The zero-order chi connectivity index (χ0) is 17.9. The van der Waals surface area contributed by atoms with Gasteiger partial charge in [-0.2, -0.15) is 0 Å². The first-order valence-electron chi connectivity index (χ1n) is 8.54. The Hall–Kier alpha value is -1.89. The SMILES string of the molecule is CC(C)N1CCN(C(=O)c2[nH]cnc2C(=O)NCC(C)(C)C)CC1. The van der Waals surface area contributed by atoms with Gasteiger partial charge in [-0.3, -0.25) is 14.5 Å². The number of carbonyl (C=O) groups is 2. The number of rotatable bonds is 4. The highest BCUT2D eigenvalue weighted by Gasteiger charge is 2.28. The molecule has 0 radical (unpaired) electrons. The summed E-state index contributed by atoms with van der Waals surface area (Å²) in [5, 5.41) is 2.84. The maximum Gasteiger partial charge on any atom is 0.272 e. The first-order valence-corrected chi connectivity index (χ1v) is 8.54. The number of imidazole rings is 1. The zero-order valence-electron chi connectivity index (χ0n) is 15.3. The number of hydrogen-bond donors (Lipinski definition) is 2. The fraction of sp³-hybridized carbons (Fsp3) is 0.706. The molecule has 0 saturated carbocycles. The highest BCUT2D eigenvalue weighted by atomic mass is 16.2. The smallest absolute Gasteiger partial charge is 0.272 e. The van der Waals surface area contributed by atoms with E-state index in [0.717, 1.165) is 13.1 Å². The van der Waals surface area contributed by atoms with Crippen LogP contribution in [0.25, 0.3) is 0 Å². The van der Waals surface area contributed by atoms with Crippen molar-refractivity contribution in [2.45, 2.75) is 40.7 Å². The summed E-state index contributed by atoms with van der Waals surface area (Å²) in [6.07, 6.45) is 1.41. The van der Waals surface area contributed by atoms with Gasteiger partial charge in [0.15, 0.2) is 5.69 Å². The van der Waals surface area contributed by atoms with Gasteiger partial charge >= 0.3 is 0 Å². The lowest BCUT2D eigenvalue weighted by atomic mass is 9.97. The lowest BCUT2D eigenvalue weighted by Crippen LogP contribution is -2.51. The van der Waals surface area contributed by atoms with Crippen LogP contribution in [0.3, 0.4) is 0 Å². The van der Waals surface area contributed by atoms with Crippen molar-refractivity contribution in [1.29, 1.82) is 0 Å². The molecule has 7 nitrogen and oxygen atoms in total. The van der Waals surface area contributed by atoms with Crippen LogP contribution in [0.1, 0.15) is 55.6 Å². The van der Waals surface area contributed by atoms with Gasteiger partial charge < -0.3 is 15.2 Å². The van der Waals surface area contributed by atoms with Crippen molar-refractivity contribution in [1.82, 2.24) is 25.1 Å². The van der Waals surface area contributed by atoms with E-state index < -0.39 is 0 Å². The van der Waals surface area contributed by atoms with Gasteiger partial charge in [-0.25, -0.2) is 4.98 Å². The van der Waals surface area contributed by atoms with Crippen LogP contribution in [0.4, 0.5) is 0 Å². The number of aromatic amines is 1. The van der Waals surface area contributed by atoms with E-state index in [9.17, 15) is 9.59 Å². The second-order valence-electron chi connectivity index (χ2n) is 7.79. The van der Waals surface area contributed by atoms with Gasteiger partial charge in [0.2, 0.25) is 0 Å². The van der Waals surface area contributed by atoms with Crippen molar-refractivity contribution in [2.75, 3.05) is 32.7 Å². The third-order valence-corrected chi connectivity index (χ3v) is 4.18. The van der Waals surface area contributed by atoms with E-state index in [0.29, 0.717) is 25.7 Å². The van der Waals surface area contributed by atoms with Crippen molar-refractivity contribution in [2.24, 2.45) is 5.41 Å². The number of nitrogens with one attached hydrogen (secondary N) is 2. The predicted molar refractivity (Wildman–Crippen MR) is 93.0 cm³/mol. The van der Waals surface area contributed by atoms with Crippen LogP contribution >= 0.6 is 0 Å². The Morgan fingerprint density at radius 3 is 2.42 bits per heavy atom. The molecule has 1 aliphatic heterocycles. The van der Waals surface area contributed by atoms with Crippen molar-refractivity contribution in [3.05, 3.63) is 17.7 Å². The fourth-order valence-electron chi connectivity index (χ4n) is 2.66. The Bertz CT molecular complexity index is 580. The molecule has 7 heteroatoms. The van der Waals surface area contributed by atoms with Crippen LogP contribution in [0.2, 0.25) is 0 Å². The molecule has 1 fully saturated rings. The van der Waals surface area contributed by atoms with E-state index in [4.69, 9.17) is 0 Å². The standard InChI is InChI=1S/C17H29N5O2/c1-12(2)21-6-8-22(9-7-21)16(24)14-13(19-11-20-14)15(23)18-10-17(3,4)5/h11-12H,6-10H2,1-5H3,(H,18,23)(H,19,20). The monoisotopic (exact) mass is 335 g/mol. The molecule has 0 atom stereocenters. The molecular formula is C17H29N5O2. The normalized spacial score (nSPS) is 16.5. The number of carbonyl (C=O) groups excluding carboxylic acids is 2. The molecule has 1 aromatic heterocycles. The van der Waals surface area contributed by atoms with Crippen LogP contribution in [-0.2, 0) is 0 Å². The molecule has 0 bridgehead atoms. The van der Waals surface area contributed by atoms with Crippen LogP contribution in [0.5, 0.6) is 0 Å². The number of piperazine rings is 1. The van der Waals surface area contributed by atoms with Gasteiger partial charge in [0.1, 0.15) is 5.69 Å². The Morgan fingerprint density at radius 2 is 1.88 bits per heavy atom. The summed E-state index contributed by atoms with van der Waals surface area (Å²) in [4.78, 5) is 36.1. The Kier molecular flexibility index (Phi) is 5.64. The first-order chi connectivity index (χ1) is 11.2. The first kappa shape index (κ1) is 18.4. The van der Waals surface area contributed by atoms with Gasteiger partial charge in [-0.1, -0.05) is 20.8 Å². The number of nitrogens with zero attached hydrogens (tertiary/aromatic N) is 3. The van der Waals surface area contributed by atoms with Gasteiger partial charge in [0.05, 0.1) is 6.33 Å². The second-order valence-corrected chi connectivity index (χ2v) is 7.79. The van der Waals surface area contributed by atoms with Crippen LogP contribution < -0.4 is 5.32 Å². The maximum atomic E-state index is 12.7. The van der Waals surface area contributed by atoms with Gasteiger partial charge in [-0.05, 0) is 19.3 Å². The number of amides is 2. The Labute approximate surface area is 143 Å². The van der Waals surface area contributed by atoms with Crippen molar-refractivity contribution < 1.29 is 9.59 Å². The Balaban J connectivity index is 2.02. The number of hydrogen-bond acceptors (Lipinski definition) is 4. The summed E-state index contributed by atoms with van der Waals surface area (Å²) < 4.78 is 0. The summed E-state index contributed by atoms with van der Waals surface area (Å²) in [6.45, 7) is 14.0. The van der Waals surface area contributed by atoms with Gasteiger partial charge in [-0.15, -0.1) is 0 Å². The third kappa shape index (κ3) is 4.56. The van der Waals surface area contributed by atoms with E-state index >= 15 is 0 Å². The zero-order valence-corrected chi connectivity index (χ0v) is 15.3. The molecule has 1 saturated heterocycles. The maximum absolute atomic E-state index is 12.7. The van der Waals surface area contributed by atoms with E-state index in [1.807, 2.05) is 20.8 Å². The van der Waals surface area contributed by atoms with Crippen molar-refractivity contribution in [3.63, 3.8) is 0 Å². The second kappa shape index (κ2) is 7.34. The molecule has 2 heterocycles. The van der Waals surface area contributed by atoms with E-state index in [1.54, 1.807) is 4.90 Å². The summed E-state index contributed by atoms with van der Waals surface area (Å²) in [5.74, 6) is -0.466. The van der Waals surface area contributed by atoms with Gasteiger partial charge in [0.25, 0.3) is 11.8 Å². The van der Waals surface area contributed by atoms with Crippen LogP contribution in [0, 0.1) is 5.41 Å². The van der Waals surface area contributed by atoms with Crippen LogP contribution in [0.15, 0.2) is 6.33 Å². The number of aromatic nitrogens is 2. The molecule has 24 heavy (non-hydrogen) atoms.